The molecular formula is C17H28N4O2. The van der Waals surface area contributed by atoms with Gasteiger partial charge in [0.15, 0.2) is 0 Å². The predicted molar refractivity (Wildman–Crippen MR) is 92.2 cm³/mol. The summed E-state index contributed by atoms with van der Waals surface area (Å²) in [5, 5.41) is 0. The Morgan fingerprint density at radius 1 is 1.30 bits per heavy atom. The summed E-state index contributed by atoms with van der Waals surface area (Å²) in [7, 11) is 0. The molecule has 23 heavy (non-hydrogen) atoms. The minimum atomic E-state index is 0.140. The number of carbonyl (C=O) groups is 1. The Balaban J connectivity index is 1.93. The van der Waals surface area contributed by atoms with Crippen LogP contribution in [0.1, 0.15) is 20.8 Å². The van der Waals surface area contributed by atoms with Gasteiger partial charge < -0.3 is 9.64 Å². The molecule has 2 rings (SSSR count). The van der Waals surface area contributed by atoms with Gasteiger partial charge in [0.2, 0.25) is 5.91 Å². The van der Waals surface area contributed by atoms with Crippen molar-refractivity contribution in [2.45, 2.75) is 26.8 Å². The molecule has 0 radical (unpaired) electrons. The number of hydrogen-bond acceptors (Lipinski definition) is 5. The van der Waals surface area contributed by atoms with Gasteiger partial charge in [0, 0.05) is 44.5 Å². The van der Waals surface area contributed by atoms with E-state index in [1.165, 1.54) is 0 Å². The summed E-state index contributed by atoms with van der Waals surface area (Å²) in [6, 6.07) is 0.574. The van der Waals surface area contributed by atoms with Crippen LogP contribution < -0.4 is 0 Å². The lowest BCUT2D eigenvalue weighted by atomic mass is 10.2. The second kappa shape index (κ2) is 8.26. The number of aliphatic imine (C=N–C) groups is 1. The van der Waals surface area contributed by atoms with Crippen LogP contribution in [0.4, 0.5) is 0 Å². The summed E-state index contributed by atoms with van der Waals surface area (Å²) in [5.41, 5.74) is 0.849. The summed E-state index contributed by atoms with van der Waals surface area (Å²) < 4.78 is 5.59. The molecule has 0 N–H and O–H groups in total. The molecule has 1 fully saturated rings. The number of ether oxygens (including phenoxy) is 1. The van der Waals surface area contributed by atoms with Crippen molar-refractivity contribution in [2.75, 3.05) is 45.9 Å². The molecule has 0 aromatic rings. The van der Waals surface area contributed by atoms with Gasteiger partial charge in [0.1, 0.15) is 12.4 Å². The lowest BCUT2D eigenvalue weighted by molar-refractivity contribution is -0.132. The van der Waals surface area contributed by atoms with E-state index in [1.54, 1.807) is 12.3 Å². The smallest absolute Gasteiger partial charge is 0.241 e. The van der Waals surface area contributed by atoms with Gasteiger partial charge >= 0.3 is 0 Å². The molecule has 0 aliphatic carbocycles. The number of amides is 1. The van der Waals surface area contributed by atoms with Crippen LogP contribution in [-0.2, 0) is 9.53 Å². The van der Waals surface area contributed by atoms with E-state index < -0.39 is 0 Å². The molecule has 0 atom stereocenters. The summed E-state index contributed by atoms with van der Waals surface area (Å²) in [6.07, 6.45) is 3.33. The van der Waals surface area contributed by atoms with Gasteiger partial charge in [-0.05, 0) is 27.5 Å². The first-order chi connectivity index (χ1) is 11.0. The quantitative estimate of drug-likeness (QED) is 0.717. The van der Waals surface area contributed by atoms with E-state index in [2.05, 4.69) is 35.4 Å². The van der Waals surface area contributed by atoms with Crippen LogP contribution in [0.25, 0.3) is 0 Å². The topological polar surface area (TPSA) is 48.4 Å². The third-order valence-corrected chi connectivity index (χ3v) is 4.46. The zero-order chi connectivity index (χ0) is 16.8. The molecule has 1 saturated heterocycles. The number of nitrogens with zero attached hydrogens (tertiary/aromatic N) is 4. The van der Waals surface area contributed by atoms with Crippen molar-refractivity contribution in [3.05, 3.63) is 23.7 Å². The fourth-order valence-corrected chi connectivity index (χ4v) is 2.97. The molecule has 2 aliphatic heterocycles. The zero-order valence-electron chi connectivity index (χ0n) is 14.5. The molecule has 0 saturated carbocycles. The molecule has 0 bridgehead atoms. The van der Waals surface area contributed by atoms with Gasteiger partial charge in [-0.3, -0.25) is 19.6 Å². The van der Waals surface area contributed by atoms with Crippen LogP contribution in [-0.4, -0.2) is 79.2 Å². The fourth-order valence-electron chi connectivity index (χ4n) is 2.97. The Labute approximate surface area is 139 Å². The van der Waals surface area contributed by atoms with Gasteiger partial charge in [-0.25, -0.2) is 0 Å². The van der Waals surface area contributed by atoms with E-state index in [1.807, 2.05) is 11.8 Å². The van der Waals surface area contributed by atoms with E-state index in [4.69, 9.17) is 4.74 Å². The van der Waals surface area contributed by atoms with E-state index in [0.29, 0.717) is 31.5 Å². The molecule has 0 unspecified atom stereocenters. The largest absolute Gasteiger partial charge is 0.490 e. The monoisotopic (exact) mass is 320 g/mol. The minimum Gasteiger partial charge on any atom is -0.490 e. The number of hydrogen-bond donors (Lipinski definition) is 0. The molecule has 2 aliphatic rings. The highest BCUT2D eigenvalue weighted by Crippen LogP contribution is 2.18. The maximum Gasteiger partial charge on any atom is 0.241 e. The molecule has 6 nitrogen and oxygen atoms in total. The van der Waals surface area contributed by atoms with E-state index >= 15 is 0 Å². The SMILES string of the molecule is C=N/C=C\C1=C(C)N(C(=O)CN2CCN(C(C)C)CC2)CCO1. The Bertz CT molecular complexity index is 491. The Kier molecular flexibility index (Phi) is 6.36. The van der Waals surface area contributed by atoms with Crippen molar-refractivity contribution in [2.24, 2.45) is 4.99 Å². The van der Waals surface area contributed by atoms with Crippen LogP contribution in [0.5, 0.6) is 0 Å². The number of allylic oxidation sites excluding steroid dienone is 2. The molecule has 128 valence electrons. The van der Waals surface area contributed by atoms with Crippen LogP contribution >= 0.6 is 0 Å². The summed E-state index contributed by atoms with van der Waals surface area (Å²) >= 11 is 0. The van der Waals surface area contributed by atoms with Crippen LogP contribution in [0.15, 0.2) is 28.7 Å². The van der Waals surface area contributed by atoms with Crippen molar-refractivity contribution in [3.63, 3.8) is 0 Å². The molecular weight excluding hydrogens is 292 g/mol. The normalized spacial score (nSPS) is 21.1. The molecule has 0 aromatic heterocycles. The van der Waals surface area contributed by atoms with Crippen LogP contribution in [0, 0.1) is 0 Å². The third kappa shape index (κ3) is 4.65. The maximum absolute atomic E-state index is 12.6. The molecule has 0 aromatic carbocycles. The average Bonchev–Trinajstić information content (AvgIpc) is 2.54. The lowest BCUT2D eigenvalue weighted by Crippen LogP contribution is -2.52. The van der Waals surface area contributed by atoms with E-state index in [0.717, 1.165) is 31.9 Å². The Hall–Kier alpha value is -1.66. The van der Waals surface area contributed by atoms with Crippen LogP contribution in [0.3, 0.4) is 0 Å². The van der Waals surface area contributed by atoms with Crippen molar-refractivity contribution in [3.8, 4) is 0 Å². The maximum atomic E-state index is 12.6. The third-order valence-electron chi connectivity index (χ3n) is 4.46. The Morgan fingerprint density at radius 2 is 2.00 bits per heavy atom. The van der Waals surface area contributed by atoms with Crippen molar-refractivity contribution < 1.29 is 9.53 Å². The number of rotatable bonds is 5. The van der Waals surface area contributed by atoms with E-state index in [9.17, 15) is 4.79 Å². The highest BCUT2D eigenvalue weighted by atomic mass is 16.5. The second-order valence-corrected chi connectivity index (χ2v) is 6.25. The van der Waals surface area contributed by atoms with Gasteiger partial charge in [0.25, 0.3) is 0 Å². The molecule has 1 amide bonds. The van der Waals surface area contributed by atoms with Crippen molar-refractivity contribution in [1.29, 1.82) is 0 Å². The summed E-state index contributed by atoms with van der Waals surface area (Å²) in [6.45, 7) is 15.3. The second-order valence-electron chi connectivity index (χ2n) is 6.25. The summed E-state index contributed by atoms with van der Waals surface area (Å²) in [5.74, 6) is 0.836. The molecule has 0 spiro atoms. The van der Waals surface area contributed by atoms with Crippen LogP contribution in [0.2, 0.25) is 0 Å². The minimum absolute atomic E-state index is 0.140. The van der Waals surface area contributed by atoms with Gasteiger partial charge in [-0.2, -0.15) is 0 Å². The zero-order valence-corrected chi connectivity index (χ0v) is 14.5. The number of piperazine rings is 1. The highest BCUT2D eigenvalue weighted by molar-refractivity contribution is 5.80. The summed E-state index contributed by atoms with van der Waals surface area (Å²) in [4.78, 5) is 22.8. The fraction of sp³-hybridized carbons (Fsp3) is 0.647. The van der Waals surface area contributed by atoms with Gasteiger partial charge in [0.05, 0.1) is 18.8 Å². The Morgan fingerprint density at radius 3 is 2.61 bits per heavy atom. The molecule has 6 heteroatoms. The molecule has 2 heterocycles. The highest BCUT2D eigenvalue weighted by Gasteiger charge is 2.26. The van der Waals surface area contributed by atoms with Gasteiger partial charge in [-0.1, -0.05) is 0 Å². The number of carbonyl (C=O) groups excluding carboxylic acids is 1. The average molecular weight is 320 g/mol. The van der Waals surface area contributed by atoms with Gasteiger partial charge in [-0.15, -0.1) is 0 Å². The first kappa shape index (κ1) is 17.7. The first-order valence-corrected chi connectivity index (χ1v) is 8.25. The van der Waals surface area contributed by atoms with Crippen molar-refractivity contribution >= 4 is 12.6 Å². The first-order valence-electron chi connectivity index (χ1n) is 8.25. The predicted octanol–water partition coefficient (Wildman–Crippen LogP) is 1.32. The standard InChI is InChI=1S/C17H28N4O2/c1-14(2)20-9-7-19(8-10-20)13-17(22)21-11-12-23-16(15(21)3)5-6-18-4/h5-6,14H,4,7-13H2,1-3H3/b6-5-. The lowest BCUT2D eigenvalue weighted by Gasteiger charge is -2.38. The van der Waals surface area contributed by atoms with Crippen molar-refractivity contribution in [1.82, 2.24) is 14.7 Å². The van der Waals surface area contributed by atoms with E-state index in [-0.39, 0.29) is 5.91 Å².